The first-order valence-corrected chi connectivity index (χ1v) is 6.52. The normalized spacial score (nSPS) is 15.8. The van der Waals surface area contributed by atoms with Gasteiger partial charge in [0.15, 0.2) is 5.16 Å². The van der Waals surface area contributed by atoms with Gasteiger partial charge in [0.25, 0.3) is 0 Å². The Hall–Kier alpha value is -1.55. The fourth-order valence-corrected chi connectivity index (χ4v) is 1.85. The van der Waals surface area contributed by atoms with Crippen molar-refractivity contribution in [3.63, 3.8) is 0 Å². The quantitative estimate of drug-likeness (QED) is 0.785. The summed E-state index contributed by atoms with van der Waals surface area (Å²) in [6, 6.07) is 2.15. The summed E-state index contributed by atoms with van der Waals surface area (Å²) in [4.78, 5) is 15.9. The van der Waals surface area contributed by atoms with Crippen LogP contribution in [0.1, 0.15) is 27.7 Å². The number of nitriles is 1. The Bertz CT molecular complexity index is 439. The summed E-state index contributed by atoms with van der Waals surface area (Å²) in [5.74, 6) is -0.150. The number of H-pyrrole nitrogens is 1. The van der Waals surface area contributed by atoms with E-state index in [9.17, 15) is 4.79 Å². The molecule has 1 amide bonds. The van der Waals surface area contributed by atoms with Gasteiger partial charge < -0.3 is 5.32 Å². The lowest BCUT2D eigenvalue weighted by molar-refractivity contribution is -0.121. The second-order valence-corrected chi connectivity index (χ2v) is 5.84. The van der Waals surface area contributed by atoms with E-state index < -0.39 is 5.54 Å². The zero-order valence-corrected chi connectivity index (χ0v) is 11.7. The predicted molar refractivity (Wildman–Crippen MR) is 68.7 cm³/mol. The summed E-state index contributed by atoms with van der Waals surface area (Å²) >= 11 is 1.27. The molecular weight excluding hydrogens is 250 g/mol. The number of carbonyl (C=O) groups excluding carboxylic acids is 1. The molecule has 2 N–H and O–H groups in total. The van der Waals surface area contributed by atoms with Crippen LogP contribution >= 0.6 is 11.8 Å². The zero-order valence-electron chi connectivity index (χ0n) is 10.9. The number of amides is 1. The molecule has 7 heteroatoms. The minimum Gasteiger partial charge on any atom is -0.337 e. The molecule has 98 valence electrons. The third-order valence-electron chi connectivity index (χ3n) is 2.82. The molecule has 0 unspecified atom stereocenters. The van der Waals surface area contributed by atoms with Crippen LogP contribution in [0, 0.1) is 17.2 Å². The van der Waals surface area contributed by atoms with Crippen molar-refractivity contribution in [2.45, 2.75) is 43.6 Å². The molecule has 0 aliphatic heterocycles. The summed E-state index contributed by atoms with van der Waals surface area (Å²) in [5.41, 5.74) is -0.854. The number of carbonyl (C=O) groups is 1. The maximum absolute atomic E-state index is 12.0. The first-order valence-electron chi connectivity index (χ1n) is 5.64. The topological polar surface area (TPSA) is 94.5 Å². The minimum absolute atomic E-state index is 0.0360. The molecule has 0 aromatic carbocycles. The highest BCUT2D eigenvalue weighted by atomic mass is 32.2. The van der Waals surface area contributed by atoms with E-state index in [-0.39, 0.29) is 17.1 Å². The van der Waals surface area contributed by atoms with Gasteiger partial charge in [-0.25, -0.2) is 4.98 Å². The highest BCUT2D eigenvalue weighted by Gasteiger charge is 2.31. The summed E-state index contributed by atoms with van der Waals surface area (Å²) in [5, 5.41) is 18.5. The molecule has 6 nitrogen and oxygen atoms in total. The lowest BCUT2D eigenvalue weighted by Crippen LogP contribution is -2.51. The molecule has 1 aromatic rings. The van der Waals surface area contributed by atoms with Gasteiger partial charge >= 0.3 is 0 Å². The van der Waals surface area contributed by atoms with Gasteiger partial charge in [-0.15, -0.1) is 0 Å². The number of nitrogens with zero attached hydrogens (tertiary/aromatic N) is 3. The number of rotatable bonds is 5. The van der Waals surface area contributed by atoms with Gasteiger partial charge in [0.2, 0.25) is 5.91 Å². The molecule has 0 spiro atoms. The summed E-state index contributed by atoms with van der Waals surface area (Å²) in [7, 11) is 0. The van der Waals surface area contributed by atoms with Crippen molar-refractivity contribution < 1.29 is 4.79 Å². The number of nitrogens with one attached hydrogen (secondary N) is 2. The van der Waals surface area contributed by atoms with Crippen LogP contribution in [0.3, 0.4) is 0 Å². The van der Waals surface area contributed by atoms with Gasteiger partial charge in [-0.1, -0.05) is 25.6 Å². The van der Waals surface area contributed by atoms with Gasteiger partial charge in [-0.2, -0.15) is 10.4 Å². The Labute approximate surface area is 111 Å². The second kappa shape index (κ2) is 5.87. The fourth-order valence-electron chi connectivity index (χ4n) is 1.13. The van der Waals surface area contributed by atoms with Crippen LogP contribution in [0.15, 0.2) is 11.5 Å². The molecule has 0 saturated heterocycles. The molecular formula is C11H17N5OS. The van der Waals surface area contributed by atoms with E-state index in [1.165, 1.54) is 18.1 Å². The SMILES string of the molecule is CC(C)[C@@](C)(C#N)NC(=O)[C@H](C)Sc1ncn[nH]1. The lowest BCUT2D eigenvalue weighted by atomic mass is 9.90. The zero-order chi connectivity index (χ0) is 13.8. The van der Waals surface area contributed by atoms with Crippen molar-refractivity contribution in [3.05, 3.63) is 6.33 Å². The Balaban J connectivity index is 2.63. The van der Waals surface area contributed by atoms with Gasteiger partial charge in [-0.3, -0.25) is 9.89 Å². The average molecular weight is 267 g/mol. The monoisotopic (exact) mass is 267 g/mol. The Morgan fingerprint density at radius 1 is 1.61 bits per heavy atom. The van der Waals surface area contributed by atoms with E-state index in [2.05, 4.69) is 26.6 Å². The Morgan fingerprint density at radius 3 is 2.72 bits per heavy atom. The number of aromatic nitrogens is 3. The molecule has 0 aliphatic carbocycles. The standard InChI is InChI=1S/C11H17N5OS/c1-7(2)11(4,5-12)15-9(17)8(3)18-10-13-6-14-16-10/h6-8H,1-4H3,(H,15,17)(H,13,14,16)/t8-,11+/m0/s1. The van der Waals surface area contributed by atoms with Crippen molar-refractivity contribution in [2.75, 3.05) is 0 Å². The van der Waals surface area contributed by atoms with E-state index >= 15 is 0 Å². The van der Waals surface area contributed by atoms with Crippen LogP contribution in [-0.2, 0) is 4.79 Å². The smallest absolute Gasteiger partial charge is 0.234 e. The van der Waals surface area contributed by atoms with Crippen molar-refractivity contribution in [1.82, 2.24) is 20.5 Å². The average Bonchev–Trinajstić information content (AvgIpc) is 2.81. The highest BCUT2D eigenvalue weighted by molar-refractivity contribution is 8.00. The van der Waals surface area contributed by atoms with Crippen LogP contribution in [0.2, 0.25) is 0 Å². The van der Waals surface area contributed by atoms with Gasteiger partial charge in [-0.05, 0) is 19.8 Å². The third kappa shape index (κ3) is 3.47. The minimum atomic E-state index is -0.854. The first-order chi connectivity index (χ1) is 8.39. The summed E-state index contributed by atoms with van der Waals surface area (Å²) in [6.07, 6.45) is 1.39. The number of hydrogen-bond donors (Lipinski definition) is 2. The molecule has 2 atom stereocenters. The highest BCUT2D eigenvalue weighted by Crippen LogP contribution is 2.21. The molecule has 1 aromatic heterocycles. The second-order valence-electron chi connectivity index (χ2n) is 4.51. The molecule has 0 radical (unpaired) electrons. The fraction of sp³-hybridized carbons (Fsp3) is 0.636. The molecule has 1 heterocycles. The van der Waals surface area contributed by atoms with Crippen molar-refractivity contribution in [1.29, 1.82) is 5.26 Å². The van der Waals surface area contributed by atoms with Gasteiger partial charge in [0.1, 0.15) is 11.9 Å². The van der Waals surface area contributed by atoms with Crippen molar-refractivity contribution in [2.24, 2.45) is 5.92 Å². The maximum atomic E-state index is 12.0. The van der Waals surface area contributed by atoms with E-state index in [0.29, 0.717) is 5.16 Å². The van der Waals surface area contributed by atoms with Crippen LogP contribution in [0.5, 0.6) is 0 Å². The Morgan fingerprint density at radius 2 is 2.28 bits per heavy atom. The molecule has 18 heavy (non-hydrogen) atoms. The summed E-state index contributed by atoms with van der Waals surface area (Å²) in [6.45, 7) is 7.29. The molecule has 0 aliphatic rings. The van der Waals surface area contributed by atoms with Crippen molar-refractivity contribution in [3.8, 4) is 6.07 Å². The molecule has 1 rings (SSSR count). The van der Waals surface area contributed by atoms with E-state index in [1.807, 2.05) is 13.8 Å². The molecule has 0 saturated carbocycles. The van der Waals surface area contributed by atoms with E-state index in [4.69, 9.17) is 5.26 Å². The summed E-state index contributed by atoms with van der Waals surface area (Å²) < 4.78 is 0. The van der Waals surface area contributed by atoms with E-state index in [1.54, 1.807) is 13.8 Å². The third-order valence-corrected chi connectivity index (χ3v) is 3.81. The lowest BCUT2D eigenvalue weighted by Gasteiger charge is -2.28. The predicted octanol–water partition coefficient (Wildman–Crippen LogP) is 1.34. The van der Waals surface area contributed by atoms with Crippen LogP contribution in [0.25, 0.3) is 0 Å². The van der Waals surface area contributed by atoms with Crippen LogP contribution in [-0.4, -0.2) is 31.9 Å². The van der Waals surface area contributed by atoms with Crippen LogP contribution in [0.4, 0.5) is 0 Å². The number of hydrogen-bond acceptors (Lipinski definition) is 5. The maximum Gasteiger partial charge on any atom is 0.234 e. The van der Waals surface area contributed by atoms with Crippen LogP contribution < -0.4 is 5.32 Å². The Kier molecular flexibility index (Phi) is 4.73. The van der Waals surface area contributed by atoms with Gasteiger partial charge in [0, 0.05) is 0 Å². The number of thioether (sulfide) groups is 1. The van der Waals surface area contributed by atoms with Crippen molar-refractivity contribution >= 4 is 17.7 Å². The van der Waals surface area contributed by atoms with E-state index in [0.717, 1.165) is 0 Å². The molecule has 0 fully saturated rings. The number of aromatic amines is 1. The molecule has 0 bridgehead atoms. The largest absolute Gasteiger partial charge is 0.337 e. The first kappa shape index (κ1) is 14.5. The van der Waals surface area contributed by atoms with Gasteiger partial charge in [0.05, 0.1) is 11.3 Å².